The Balaban J connectivity index is 2.16. The second kappa shape index (κ2) is 5.83. The number of aromatic amines is 1. The third kappa shape index (κ3) is 3.96. The molecule has 1 amide bonds. The zero-order valence-electron chi connectivity index (χ0n) is 11.2. The van der Waals surface area contributed by atoms with E-state index in [0.29, 0.717) is 17.3 Å². The molecule has 0 fully saturated rings. The lowest BCUT2D eigenvalue weighted by atomic mass is 10.3. The zero-order chi connectivity index (χ0) is 15.5. The SMILES string of the molecule is Cc1ncc(S(=O)(=O)Nc2cccc(OCC(N)=O)c2)[nH]1. The molecule has 0 bridgehead atoms. The highest BCUT2D eigenvalue weighted by molar-refractivity contribution is 7.92. The number of sulfonamides is 1. The number of hydrogen-bond donors (Lipinski definition) is 3. The molecule has 0 aliphatic carbocycles. The summed E-state index contributed by atoms with van der Waals surface area (Å²) in [6, 6.07) is 6.18. The van der Waals surface area contributed by atoms with Gasteiger partial charge in [0.05, 0.1) is 11.9 Å². The minimum absolute atomic E-state index is 0.0385. The van der Waals surface area contributed by atoms with Crippen LogP contribution in [-0.2, 0) is 14.8 Å². The Morgan fingerprint density at radius 2 is 2.24 bits per heavy atom. The van der Waals surface area contributed by atoms with Gasteiger partial charge in [-0.2, -0.15) is 8.42 Å². The predicted molar refractivity (Wildman–Crippen MR) is 75.3 cm³/mol. The third-order valence-electron chi connectivity index (χ3n) is 2.44. The summed E-state index contributed by atoms with van der Waals surface area (Å²) in [6.07, 6.45) is 1.23. The van der Waals surface area contributed by atoms with Crippen LogP contribution in [-0.4, -0.2) is 30.9 Å². The Kier molecular flexibility index (Phi) is 4.13. The van der Waals surface area contributed by atoms with E-state index in [1.807, 2.05) is 0 Å². The van der Waals surface area contributed by atoms with Crippen LogP contribution >= 0.6 is 0 Å². The first-order valence-corrected chi connectivity index (χ1v) is 7.41. The van der Waals surface area contributed by atoms with Gasteiger partial charge in [0.15, 0.2) is 11.6 Å². The van der Waals surface area contributed by atoms with Crippen molar-refractivity contribution in [2.24, 2.45) is 5.73 Å². The maximum absolute atomic E-state index is 12.1. The summed E-state index contributed by atoms with van der Waals surface area (Å²) in [5, 5.41) is -0.0385. The van der Waals surface area contributed by atoms with Gasteiger partial charge in [0.25, 0.3) is 15.9 Å². The molecule has 2 rings (SSSR count). The van der Waals surface area contributed by atoms with E-state index in [-0.39, 0.29) is 11.6 Å². The third-order valence-corrected chi connectivity index (χ3v) is 3.73. The van der Waals surface area contributed by atoms with Crippen molar-refractivity contribution in [2.75, 3.05) is 11.3 Å². The van der Waals surface area contributed by atoms with Crippen LogP contribution in [0.15, 0.2) is 35.5 Å². The maximum Gasteiger partial charge on any atom is 0.278 e. The number of amides is 1. The number of primary amides is 1. The quantitative estimate of drug-likeness (QED) is 0.711. The Morgan fingerprint density at radius 3 is 2.86 bits per heavy atom. The molecule has 1 aromatic carbocycles. The van der Waals surface area contributed by atoms with Crippen LogP contribution in [0.2, 0.25) is 0 Å². The van der Waals surface area contributed by atoms with Gasteiger partial charge in [-0.3, -0.25) is 9.52 Å². The molecule has 9 heteroatoms. The van der Waals surface area contributed by atoms with Crippen LogP contribution in [0.3, 0.4) is 0 Å². The van der Waals surface area contributed by atoms with E-state index < -0.39 is 15.9 Å². The summed E-state index contributed by atoms with van der Waals surface area (Å²) in [5.41, 5.74) is 5.27. The summed E-state index contributed by atoms with van der Waals surface area (Å²) in [4.78, 5) is 17.1. The van der Waals surface area contributed by atoms with E-state index in [2.05, 4.69) is 14.7 Å². The second-order valence-corrected chi connectivity index (χ2v) is 5.87. The first-order valence-electron chi connectivity index (χ1n) is 5.92. The fourth-order valence-corrected chi connectivity index (χ4v) is 2.57. The van der Waals surface area contributed by atoms with Gasteiger partial charge >= 0.3 is 0 Å². The van der Waals surface area contributed by atoms with Crippen LogP contribution in [0.5, 0.6) is 5.75 Å². The topological polar surface area (TPSA) is 127 Å². The van der Waals surface area contributed by atoms with Gasteiger partial charge in [0.1, 0.15) is 11.6 Å². The zero-order valence-corrected chi connectivity index (χ0v) is 12.0. The van der Waals surface area contributed by atoms with Crippen molar-refractivity contribution in [1.82, 2.24) is 9.97 Å². The highest BCUT2D eigenvalue weighted by atomic mass is 32.2. The average Bonchev–Trinajstić information content (AvgIpc) is 2.84. The minimum Gasteiger partial charge on any atom is -0.484 e. The van der Waals surface area contributed by atoms with Crippen molar-refractivity contribution < 1.29 is 17.9 Å². The fourth-order valence-electron chi connectivity index (χ4n) is 1.55. The number of ether oxygens (including phenoxy) is 1. The largest absolute Gasteiger partial charge is 0.484 e. The van der Waals surface area contributed by atoms with Gasteiger partial charge < -0.3 is 15.5 Å². The van der Waals surface area contributed by atoms with Gasteiger partial charge in [-0.25, -0.2) is 4.98 Å². The monoisotopic (exact) mass is 310 g/mol. The highest BCUT2D eigenvalue weighted by Crippen LogP contribution is 2.20. The smallest absolute Gasteiger partial charge is 0.278 e. The van der Waals surface area contributed by atoms with Crippen LogP contribution in [0.25, 0.3) is 0 Å². The first-order chi connectivity index (χ1) is 9.87. The number of carbonyl (C=O) groups excluding carboxylic acids is 1. The van der Waals surface area contributed by atoms with Crippen molar-refractivity contribution in [3.63, 3.8) is 0 Å². The number of imidazole rings is 1. The van der Waals surface area contributed by atoms with Crippen molar-refractivity contribution in [3.8, 4) is 5.75 Å². The Labute approximate surface area is 121 Å². The van der Waals surface area contributed by atoms with Crippen LogP contribution in [0.1, 0.15) is 5.82 Å². The molecule has 0 aliphatic rings. The Hall–Kier alpha value is -2.55. The number of nitrogens with zero attached hydrogens (tertiary/aromatic N) is 1. The molecule has 21 heavy (non-hydrogen) atoms. The number of rotatable bonds is 6. The number of nitrogens with two attached hydrogens (primary N) is 1. The molecule has 2 aromatic rings. The first kappa shape index (κ1) is 14.9. The number of hydrogen-bond acceptors (Lipinski definition) is 5. The van der Waals surface area contributed by atoms with E-state index in [4.69, 9.17) is 10.5 Å². The second-order valence-electron chi connectivity index (χ2n) is 4.22. The van der Waals surface area contributed by atoms with E-state index in [1.165, 1.54) is 12.3 Å². The molecule has 1 aromatic heterocycles. The van der Waals surface area contributed by atoms with Gasteiger partial charge in [-0.05, 0) is 19.1 Å². The van der Waals surface area contributed by atoms with E-state index >= 15 is 0 Å². The van der Waals surface area contributed by atoms with Gasteiger partial charge in [0.2, 0.25) is 0 Å². The Morgan fingerprint density at radius 1 is 1.48 bits per heavy atom. The molecule has 0 saturated carbocycles. The normalized spacial score (nSPS) is 11.1. The summed E-state index contributed by atoms with van der Waals surface area (Å²) in [7, 11) is -3.76. The number of anilines is 1. The van der Waals surface area contributed by atoms with Crippen molar-refractivity contribution in [3.05, 3.63) is 36.3 Å². The van der Waals surface area contributed by atoms with Gasteiger partial charge in [0, 0.05) is 6.07 Å². The molecule has 8 nitrogen and oxygen atoms in total. The molecule has 0 radical (unpaired) electrons. The molecule has 4 N–H and O–H groups in total. The van der Waals surface area contributed by atoms with Gasteiger partial charge in [-0.1, -0.05) is 6.07 Å². The van der Waals surface area contributed by atoms with Crippen LogP contribution in [0.4, 0.5) is 5.69 Å². The van der Waals surface area contributed by atoms with Crippen LogP contribution in [0, 0.1) is 6.92 Å². The lowest BCUT2D eigenvalue weighted by Gasteiger charge is -2.08. The molecule has 0 unspecified atom stereocenters. The highest BCUT2D eigenvalue weighted by Gasteiger charge is 2.16. The lowest BCUT2D eigenvalue weighted by Crippen LogP contribution is -2.20. The molecule has 1 heterocycles. The number of H-pyrrole nitrogens is 1. The van der Waals surface area contributed by atoms with E-state index in [0.717, 1.165) is 0 Å². The predicted octanol–water partition coefficient (Wildman–Crippen LogP) is 0.383. The number of aryl methyl sites for hydroxylation is 1. The molecule has 0 atom stereocenters. The summed E-state index contributed by atoms with van der Waals surface area (Å²) < 4.78 is 31.7. The van der Waals surface area contributed by atoms with E-state index in [9.17, 15) is 13.2 Å². The molecule has 112 valence electrons. The number of nitrogens with one attached hydrogen (secondary N) is 2. The average molecular weight is 310 g/mol. The summed E-state index contributed by atoms with van der Waals surface area (Å²) >= 11 is 0. The fraction of sp³-hybridized carbons (Fsp3) is 0.167. The van der Waals surface area contributed by atoms with Crippen LogP contribution < -0.4 is 15.2 Å². The molecule has 0 spiro atoms. The van der Waals surface area contributed by atoms with E-state index in [1.54, 1.807) is 25.1 Å². The van der Waals surface area contributed by atoms with Gasteiger partial charge in [-0.15, -0.1) is 0 Å². The maximum atomic E-state index is 12.1. The summed E-state index contributed by atoms with van der Waals surface area (Å²) in [6.45, 7) is 1.37. The van der Waals surface area contributed by atoms with Crippen molar-refractivity contribution in [1.29, 1.82) is 0 Å². The lowest BCUT2D eigenvalue weighted by molar-refractivity contribution is -0.119. The molecular formula is C12H14N4O4S. The number of aromatic nitrogens is 2. The number of carbonyl (C=O) groups is 1. The molecule has 0 saturated heterocycles. The van der Waals surface area contributed by atoms with Crippen molar-refractivity contribution in [2.45, 2.75) is 11.9 Å². The summed E-state index contributed by atoms with van der Waals surface area (Å²) in [5.74, 6) is 0.206. The minimum atomic E-state index is -3.76. The molecule has 0 aliphatic heterocycles. The standard InChI is InChI=1S/C12H14N4O4S/c1-8-14-6-12(15-8)21(18,19)16-9-3-2-4-10(5-9)20-7-11(13)17/h2-6,16H,7H2,1H3,(H2,13,17)(H,14,15). The Bertz CT molecular complexity index is 754. The molecular weight excluding hydrogens is 296 g/mol. The van der Waals surface area contributed by atoms with Crippen molar-refractivity contribution >= 4 is 21.6 Å². The number of benzene rings is 1.